The molecule has 0 radical (unpaired) electrons. The minimum Gasteiger partial charge on any atom is -0.374 e. The molecule has 0 spiro atoms. The van der Waals surface area contributed by atoms with Crippen LogP contribution in [-0.4, -0.2) is 29.1 Å². The number of carbonyl (C=O) groups is 1. The average molecular weight is 425 g/mol. The van der Waals surface area contributed by atoms with Crippen molar-refractivity contribution in [3.63, 3.8) is 0 Å². The summed E-state index contributed by atoms with van der Waals surface area (Å²) in [4.78, 5) is 18.3. The van der Waals surface area contributed by atoms with Crippen molar-refractivity contribution in [1.29, 1.82) is 0 Å². The van der Waals surface area contributed by atoms with Crippen LogP contribution < -0.4 is 4.90 Å². The Balaban J connectivity index is 1.84. The van der Waals surface area contributed by atoms with E-state index < -0.39 is 6.23 Å². The standard InChI is InChI=1S/C22H21BrN2O2/c1-13(26)25(2)21-12-24-20-7-5-16(23)11-18(20)19(21)10-14-3-6-17-15(9-14)4-8-22(17)27/h3,5-7,9,11-13,26H,4,8,10H2,1-2H3. The first kappa shape index (κ1) is 18.1. The van der Waals surface area contributed by atoms with Crippen molar-refractivity contribution in [1.82, 2.24) is 4.98 Å². The Morgan fingerprint density at radius 3 is 2.81 bits per heavy atom. The van der Waals surface area contributed by atoms with Gasteiger partial charge in [-0.3, -0.25) is 9.78 Å². The molecule has 0 bridgehead atoms. The molecule has 1 aliphatic carbocycles. The number of aryl methyl sites for hydroxylation is 1. The monoisotopic (exact) mass is 424 g/mol. The SMILES string of the molecule is CC(O)N(C)c1cnc2ccc(Br)cc2c1Cc1ccc2c(c1)CCC2=O. The van der Waals surface area contributed by atoms with Crippen LogP contribution in [0.25, 0.3) is 10.9 Å². The number of aliphatic hydroxyl groups excluding tert-OH is 1. The van der Waals surface area contributed by atoms with Gasteiger partial charge in [-0.2, -0.15) is 0 Å². The minimum atomic E-state index is -0.618. The summed E-state index contributed by atoms with van der Waals surface area (Å²) in [5.41, 5.74) is 6.12. The Bertz CT molecular complexity index is 1050. The maximum absolute atomic E-state index is 11.9. The van der Waals surface area contributed by atoms with Crippen LogP contribution in [0.2, 0.25) is 0 Å². The summed E-state index contributed by atoms with van der Waals surface area (Å²) >= 11 is 3.56. The fourth-order valence-electron chi connectivity index (χ4n) is 3.72. The van der Waals surface area contributed by atoms with Crippen LogP contribution in [0.1, 0.15) is 40.4 Å². The van der Waals surface area contributed by atoms with E-state index in [1.54, 1.807) is 6.92 Å². The first-order valence-corrected chi connectivity index (χ1v) is 9.86. The maximum atomic E-state index is 11.9. The molecule has 0 aliphatic heterocycles. The molecular weight excluding hydrogens is 404 g/mol. The molecule has 0 amide bonds. The van der Waals surface area contributed by atoms with Gasteiger partial charge in [-0.05, 0) is 48.2 Å². The molecule has 3 aromatic rings. The number of benzene rings is 2. The zero-order valence-corrected chi connectivity index (χ0v) is 17.0. The lowest BCUT2D eigenvalue weighted by Crippen LogP contribution is -2.29. The Morgan fingerprint density at radius 1 is 1.22 bits per heavy atom. The van der Waals surface area contributed by atoms with Crippen LogP contribution in [0.5, 0.6) is 0 Å². The molecule has 0 saturated heterocycles. The predicted molar refractivity (Wildman–Crippen MR) is 111 cm³/mol. The molecule has 0 saturated carbocycles. The average Bonchev–Trinajstić information content (AvgIpc) is 3.02. The van der Waals surface area contributed by atoms with Crippen LogP contribution in [0.15, 0.2) is 47.1 Å². The summed E-state index contributed by atoms with van der Waals surface area (Å²) in [6.07, 6.45) is 3.36. The number of hydrogen-bond acceptors (Lipinski definition) is 4. The molecule has 4 rings (SSSR count). The molecule has 1 heterocycles. The number of nitrogens with zero attached hydrogens (tertiary/aromatic N) is 2. The third-order valence-corrected chi connectivity index (χ3v) is 5.82. The Labute approximate surface area is 167 Å². The molecular formula is C22H21BrN2O2. The van der Waals surface area contributed by atoms with E-state index in [0.29, 0.717) is 12.8 Å². The first-order valence-electron chi connectivity index (χ1n) is 9.07. The van der Waals surface area contributed by atoms with Gasteiger partial charge in [0.2, 0.25) is 0 Å². The number of fused-ring (bicyclic) bond motifs is 2. The third-order valence-electron chi connectivity index (χ3n) is 5.33. The number of Topliss-reactive ketones (excluding diaryl/α,β-unsaturated/α-hetero) is 1. The molecule has 1 aliphatic rings. The van der Waals surface area contributed by atoms with Gasteiger partial charge in [0.1, 0.15) is 6.23 Å². The van der Waals surface area contributed by atoms with Crippen molar-refractivity contribution >= 4 is 38.3 Å². The van der Waals surface area contributed by atoms with Crippen LogP contribution in [0.4, 0.5) is 5.69 Å². The van der Waals surface area contributed by atoms with Gasteiger partial charge in [0.05, 0.1) is 17.4 Å². The van der Waals surface area contributed by atoms with Crippen LogP contribution in [0.3, 0.4) is 0 Å². The number of hydrogen-bond donors (Lipinski definition) is 1. The number of pyridine rings is 1. The van der Waals surface area contributed by atoms with E-state index in [0.717, 1.165) is 49.7 Å². The number of carbonyl (C=O) groups excluding carboxylic acids is 1. The van der Waals surface area contributed by atoms with Crippen molar-refractivity contribution in [3.05, 3.63) is 69.3 Å². The van der Waals surface area contributed by atoms with Crippen LogP contribution in [-0.2, 0) is 12.8 Å². The summed E-state index contributed by atoms with van der Waals surface area (Å²) in [7, 11) is 1.87. The highest BCUT2D eigenvalue weighted by molar-refractivity contribution is 9.10. The molecule has 4 nitrogen and oxygen atoms in total. The highest BCUT2D eigenvalue weighted by atomic mass is 79.9. The Morgan fingerprint density at radius 2 is 2.04 bits per heavy atom. The second-order valence-electron chi connectivity index (χ2n) is 7.12. The van der Waals surface area contributed by atoms with Gasteiger partial charge in [0.15, 0.2) is 5.78 Å². The molecule has 0 fully saturated rings. The second kappa shape index (κ2) is 7.06. The van der Waals surface area contributed by atoms with Crippen molar-refractivity contribution in [2.75, 3.05) is 11.9 Å². The van der Waals surface area contributed by atoms with Gasteiger partial charge in [-0.25, -0.2) is 0 Å². The summed E-state index contributed by atoms with van der Waals surface area (Å²) in [5.74, 6) is 0.240. The van der Waals surface area contributed by atoms with E-state index in [-0.39, 0.29) is 5.78 Å². The lowest BCUT2D eigenvalue weighted by atomic mass is 9.96. The smallest absolute Gasteiger partial charge is 0.163 e. The van der Waals surface area contributed by atoms with Crippen LogP contribution in [0, 0.1) is 0 Å². The van der Waals surface area contributed by atoms with E-state index in [9.17, 15) is 9.90 Å². The molecule has 5 heteroatoms. The van der Waals surface area contributed by atoms with Crippen LogP contribution >= 0.6 is 15.9 Å². The molecule has 27 heavy (non-hydrogen) atoms. The van der Waals surface area contributed by atoms with Gasteiger partial charge >= 0.3 is 0 Å². The molecule has 1 atom stereocenters. The quantitative estimate of drug-likeness (QED) is 0.626. The highest BCUT2D eigenvalue weighted by Gasteiger charge is 2.21. The highest BCUT2D eigenvalue weighted by Crippen LogP contribution is 2.32. The third kappa shape index (κ3) is 3.37. The summed E-state index contributed by atoms with van der Waals surface area (Å²) in [6, 6.07) is 12.2. The largest absolute Gasteiger partial charge is 0.374 e. The maximum Gasteiger partial charge on any atom is 0.163 e. The Hall–Kier alpha value is -2.24. The normalized spacial score (nSPS) is 14.4. The number of halogens is 1. The van der Waals surface area contributed by atoms with E-state index in [1.807, 2.05) is 42.4 Å². The van der Waals surface area contributed by atoms with Gasteiger partial charge in [-0.15, -0.1) is 0 Å². The fourth-order valence-corrected chi connectivity index (χ4v) is 4.08. The van der Waals surface area contributed by atoms with E-state index in [2.05, 4.69) is 33.0 Å². The minimum absolute atomic E-state index is 0.240. The van der Waals surface area contributed by atoms with E-state index >= 15 is 0 Å². The van der Waals surface area contributed by atoms with E-state index in [4.69, 9.17) is 0 Å². The van der Waals surface area contributed by atoms with Gasteiger partial charge in [-0.1, -0.05) is 34.1 Å². The van der Waals surface area contributed by atoms with Crippen molar-refractivity contribution in [2.45, 2.75) is 32.4 Å². The topological polar surface area (TPSA) is 53.4 Å². The first-order chi connectivity index (χ1) is 12.9. The zero-order valence-electron chi connectivity index (χ0n) is 15.4. The lowest BCUT2D eigenvalue weighted by molar-refractivity contribution is 0.0994. The molecule has 1 unspecified atom stereocenters. The van der Waals surface area contributed by atoms with E-state index in [1.165, 1.54) is 0 Å². The van der Waals surface area contributed by atoms with Gasteiger partial charge in [0, 0.05) is 35.3 Å². The summed E-state index contributed by atoms with van der Waals surface area (Å²) in [6.45, 7) is 1.75. The molecule has 1 N–H and O–H groups in total. The number of rotatable bonds is 4. The summed E-state index contributed by atoms with van der Waals surface area (Å²) in [5, 5.41) is 11.2. The summed E-state index contributed by atoms with van der Waals surface area (Å²) < 4.78 is 0.995. The number of aromatic nitrogens is 1. The van der Waals surface area contributed by atoms with Crippen molar-refractivity contribution < 1.29 is 9.90 Å². The van der Waals surface area contributed by atoms with Crippen molar-refractivity contribution in [2.24, 2.45) is 0 Å². The number of aliphatic hydroxyl groups is 1. The van der Waals surface area contributed by atoms with Gasteiger partial charge < -0.3 is 10.0 Å². The lowest BCUT2D eigenvalue weighted by Gasteiger charge is -2.26. The Kier molecular flexibility index (Phi) is 4.74. The number of ketones is 1. The van der Waals surface area contributed by atoms with Crippen molar-refractivity contribution in [3.8, 4) is 0 Å². The zero-order chi connectivity index (χ0) is 19.1. The molecule has 1 aromatic heterocycles. The predicted octanol–water partition coefficient (Wildman–Crippen LogP) is 4.49. The number of anilines is 1. The fraction of sp³-hybridized carbons (Fsp3) is 0.273. The van der Waals surface area contributed by atoms with Gasteiger partial charge in [0.25, 0.3) is 0 Å². The molecule has 138 valence electrons. The molecule has 2 aromatic carbocycles. The second-order valence-corrected chi connectivity index (χ2v) is 8.03.